The molecule has 0 fully saturated rings. The summed E-state index contributed by atoms with van der Waals surface area (Å²) in [5.41, 5.74) is 1.20. The number of aliphatic carboxylic acids is 1. The Morgan fingerprint density at radius 3 is 2.85 bits per heavy atom. The second-order valence-electron chi connectivity index (χ2n) is 4.43. The second-order valence-corrected chi connectivity index (χ2v) is 5.50. The first-order valence-corrected chi connectivity index (χ1v) is 6.88. The summed E-state index contributed by atoms with van der Waals surface area (Å²) in [5.74, 6) is -1.20. The maximum atomic E-state index is 12.3. The summed E-state index contributed by atoms with van der Waals surface area (Å²) >= 11 is 1.54. The molecule has 1 amide bonds. The summed E-state index contributed by atoms with van der Waals surface area (Å²) < 4.78 is 1.42. The topological polar surface area (TPSA) is 75.4 Å². The Hall–Kier alpha value is -2.15. The minimum atomic E-state index is -0.979. The zero-order valence-corrected chi connectivity index (χ0v) is 12.1. The van der Waals surface area contributed by atoms with Gasteiger partial charge in [-0.1, -0.05) is 0 Å². The van der Waals surface area contributed by atoms with E-state index in [0.717, 1.165) is 10.7 Å². The first kappa shape index (κ1) is 14.3. The van der Waals surface area contributed by atoms with Crippen LogP contribution in [0.25, 0.3) is 0 Å². The molecule has 106 valence electrons. The average Bonchev–Trinajstić information content (AvgIpc) is 2.97. The smallest absolute Gasteiger partial charge is 0.323 e. The van der Waals surface area contributed by atoms with Gasteiger partial charge in [-0.05, 0) is 19.1 Å². The number of hydrogen-bond donors (Lipinski definition) is 1. The van der Waals surface area contributed by atoms with Crippen LogP contribution in [0.2, 0.25) is 0 Å². The normalized spacial score (nSPS) is 10.5. The highest BCUT2D eigenvalue weighted by Crippen LogP contribution is 2.12. The monoisotopic (exact) mass is 293 g/mol. The SMILES string of the molecule is Cc1nc(CN(C)C(=O)c2cccn2CC(=O)O)cs1. The molecule has 0 saturated carbocycles. The van der Waals surface area contributed by atoms with E-state index in [4.69, 9.17) is 5.11 Å². The second kappa shape index (κ2) is 5.87. The van der Waals surface area contributed by atoms with E-state index in [1.54, 1.807) is 25.4 Å². The first-order valence-electron chi connectivity index (χ1n) is 6.01. The number of carboxylic acids is 1. The summed E-state index contributed by atoms with van der Waals surface area (Å²) in [4.78, 5) is 28.9. The van der Waals surface area contributed by atoms with Gasteiger partial charge in [-0.3, -0.25) is 9.59 Å². The molecule has 0 radical (unpaired) electrons. The molecule has 1 N–H and O–H groups in total. The lowest BCUT2D eigenvalue weighted by atomic mass is 10.3. The molecule has 0 aliphatic heterocycles. The van der Waals surface area contributed by atoms with Crippen LogP contribution in [0.4, 0.5) is 0 Å². The molecule has 0 aliphatic rings. The molecule has 0 aliphatic carbocycles. The third kappa shape index (κ3) is 3.24. The van der Waals surface area contributed by atoms with Crippen molar-refractivity contribution in [2.24, 2.45) is 0 Å². The number of hydrogen-bond acceptors (Lipinski definition) is 4. The predicted octanol–water partition coefficient (Wildman–Crippen LogP) is 1.61. The third-order valence-corrected chi connectivity index (χ3v) is 3.59. The Balaban J connectivity index is 2.10. The Morgan fingerprint density at radius 1 is 1.50 bits per heavy atom. The van der Waals surface area contributed by atoms with E-state index in [1.807, 2.05) is 12.3 Å². The van der Waals surface area contributed by atoms with Crippen molar-refractivity contribution in [2.45, 2.75) is 20.0 Å². The Labute approximate surface area is 120 Å². The largest absolute Gasteiger partial charge is 0.480 e. The number of rotatable bonds is 5. The number of carbonyl (C=O) groups is 2. The first-order chi connectivity index (χ1) is 9.47. The fourth-order valence-electron chi connectivity index (χ4n) is 1.88. The zero-order chi connectivity index (χ0) is 14.7. The molecule has 0 bridgehead atoms. The van der Waals surface area contributed by atoms with Crippen molar-refractivity contribution in [1.82, 2.24) is 14.5 Å². The number of carboxylic acid groups (broad SMARTS) is 1. The molecular formula is C13H15N3O3S. The standard InChI is InChI=1S/C13H15N3O3S/c1-9-14-10(8-20-9)6-15(2)13(19)11-4-3-5-16(11)7-12(17)18/h3-5,8H,6-7H2,1-2H3,(H,17,18). The fraction of sp³-hybridized carbons (Fsp3) is 0.308. The van der Waals surface area contributed by atoms with Crippen molar-refractivity contribution in [3.8, 4) is 0 Å². The highest BCUT2D eigenvalue weighted by molar-refractivity contribution is 7.09. The van der Waals surface area contributed by atoms with Crippen molar-refractivity contribution in [3.63, 3.8) is 0 Å². The van der Waals surface area contributed by atoms with Crippen LogP contribution in [0.3, 0.4) is 0 Å². The average molecular weight is 293 g/mol. The van der Waals surface area contributed by atoms with Crippen LogP contribution < -0.4 is 0 Å². The van der Waals surface area contributed by atoms with Gasteiger partial charge in [0, 0.05) is 18.6 Å². The highest BCUT2D eigenvalue weighted by atomic mass is 32.1. The van der Waals surface area contributed by atoms with Crippen LogP contribution >= 0.6 is 11.3 Å². The summed E-state index contributed by atoms with van der Waals surface area (Å²) in [5, 5.41) is 11.7. The number of amides is 1. The van der Waals surface area contributed by atoms with Crippen LogP contribution in [0.1, 0.15) is 21.2 Å². The van der Waals surface area contributed by atoms with Crippen LogP contribution in [-0.2, 0) is 17.9 Å². The van der Waals surface area contributed by atoms with Gasteiger partial charge in [-0.15, -0.1) is 11.3 Å². The summed E-state index contributed by atoms with van der Waals surface area (Å²) in [6.45, 7) is 2.09. The van der Waals surface area contributed by atoms with E-state index in [2.05, 4.69) is 4.98 Å². The van der Waals surface area contributed by atoms with Gasteiger partial charge in [-0.25, -0.2) is 4.98 Å². The van der Waals surface area contributed by atoms with Crippen molar-refractivity contribution in [1.29, 1.82) is 0 Å². The van der Waals surface area contributed by atoms with Crippen LogP contribution in [-0.4, -0.2) is 38.5 Å². The Bertz CT molecular complexity index is 632. The molecule has 0 atom stereocenters. The molecule has 0 spiro atoms. The van der Waals surface area contributed by atoms with E-state index in [-0.39, 0.29) is 12.5 Å². The van der Waals surface area contributed by atoms with Crippen molar-refractivity contribution >= 4 is 23.2 Å². The summed E-state index contributed by atoms with van der Waals surface area (Å²) in [6, 6.07) is 3.28. The minimum absolute atomic E-state index is 0.220. The summed E-state index contributed by atoms with van der Waals surface area (Å²) in [6.07, 6.45) is 1.59. The highest BCUT2D eigenvalue weighted by Gasteiger charge is 2.17. The molecule has 2 aromatic rings. The lowest BCUT2D eigenvalue weighted by Gasteiger charge is -2.16. The van der Waals surface area contributed by atoms with Crippen LogP contribution in [0.5, 0.6) is 0 Å². The van der Waals surface area contributed by atoms with E-state index >= 15 is 0 Å². The molecule has 20 heavy (non-hydrogen) atoms. The molecule has 0 unspecified atom stereocenters. The van der Waals surface area contributed by atoms with Gasteiger partial charge in [-0.2, -0.15) is 0 Å². The quantitative estimate of drug-likeness (QED) is 0.908. The molecule has 6 nitrogen and oxygen atoms in total. The number of nitrogens with zero attached hydrogens (tertiary/aromatic N) is 3. The number of thiazole rings is 1. The Kier molecular flexibility index (Phi) is 4.19. The number of aryl methyl sites for hydroxylation is 1. The van der Waals surface area contributed by atoms with Crippen molar-refractivity contribution in [2.75, 3.05) is 7.05 Å². The van der Waals surface area contributed by atoms with Gasteiger partial charge in [0.1, 0.15) is 12.2 Å². The Morgan fingerprint density at radius 2 is 2.25 bits per heavy atom. The predicted molar refractivity (Wildman–Crippen MR) is 74.7 cm³/mol. The lowest BCUT2D eigenvalue weighted by molar-refractivity contribution is -0.137. The van der Waals surface area contributed by atoms with Gasteiger partial charge in [0.05, 0.1) is 17.2 Å². The van der Waals surface area contributed by atoms with E-state index in [1.165, 1.54) is 20.8 Å². The maximum absolute atomic E-state index is 12.3. The van der Waals surface area contributed by atoms with Gasteiger partial charge < -0.3 is 14.6 Å². The van der Waals surface area contributed by atoms with Crippen LogP contribution in [0, 0.1) is 6.92 Å². The third-order valence-electron chi connectivity index (χ3n) is 2.77. The van der Waals surface area contributed by atoms with Crippen molar-refractivity contribution in [3.05, 3.63) is 40.1 Å². The van der Waals surface area contributed by atoms with Crippen molar-refractivity contribution < 1.29 is 14.7 Å². The van der Waals surface area contributed by atoms with Gasteiger partial charge in [0.25, 0.3) is 5.91 Å². The molecule has 2 heterocycles. The van der Waals surface area contributed by atoms with E-state index in [9.17, 15) is 9.59 Å². The molecule has 7 heteroatoms. The molecule has 2 aromatic heterocycles. The molecular weight excluding hydrogens is 278 g/mol. The van der Waals surface area contributed by atoms with E-state index in [0.29, 0.717) is 12.2 Å². The van der Waals surface area contributed by atoms with Crippen LogP contribution in [0.15, 0.2) is 23.7 Å². The maximum Gasteiger partial charge on any atom is 0.323 e. The lowest BCUT2D eigenvalue weighted by Crippen LogP contribution is -2.29. The number of aromatic nitrogens is 2. The summed E-state index contributed by atoms with van der Waals surface area (Å²) in [7, 11) is 1.68. The minimum Gasteiger partial charge on any atom is -0.480 e. The number of carbonyl (C=O) groups excluding carboxylic acids is 1. The van der Waals surface area contributed by atoms with Gasteiger partial charge in [0.2, 0.25) is 0 Å². The molecule has 0 aromatic carbocycles. The van der Waals surface area contributed by atoms with Gasteiger partial charge in [0.15, 0.2) is 0 Å². The zero-order valence-electron chi connectivity index (χ0n) is 11.2. The van der Waals surface area contributed by atoms with Gasteiger partial charge >= 0.3 is 5.97 Å². The fourth-order valence-corrected chi connectivity index (χ4v) is 2.49. The van der Waals surface area contributed by atoms with E-state index < -0.39 is 5.97 Å². The molecule has 2 rings (SSSR count). The molecule has 0 saturated heterocycles.